The number of carbonyl (C=O) groups is 2. The molecule has 1 amide bonds. The maximum absolute atomic E-state index is 13.1. The van der Waals surface area contributed by atoms with Gasteiger partial charge >= 0.3 is 5.97 Å². The molecule has 2 heterocycles. The number of esters is 1. The summed E-state index contributed by atoms with van der Waals surface area (Å²) in [5.74, 6) is -0.970. The number of amides is 1. The molecule has 1 spiro atoms. The standard InChI is InChI=1S/C21H23NO4/c1-20(2)13-21(10-11-25-20)16(12-18(23)26-21)19(24)22-17-9-5-7-14-6-3-4-8-15(14)17/h3-9,16H,10-13H2,1-2H3,(H,22,24)/t16-,21-/m1/s1. The summed E-state index contributed by atoms with van der Waals surface area (Å²) in [6.45, 7) is 4.43. The van der Waals surface area contributed by atoms with E-state index >= 15 is 0 Å². The third-order valence-electron chi connectivity index (χ3n) is 5.43. The average molecular weight is 353 g/mol. The Kier molecular flexibility index (Phi) is 3.99. The SMILES string of the molecule is CC1(C)C[C@@]2(CCO1)OC(=O)C[C@@H]2C(=O)Nc1cccc2ccccc12. The molecule has 4 rings (SSSR count). The minimum atomic E-state index is -0.770. The van der Waals surface area contributed by atoms with E-state index in [1.807, 2.05) is 56.3 Å². The summed E-state index contributed by atoms with van der Waals surface area (Å²) < 4.78 is 11.5. The highest BCUT2D eigenvalue weighted by molar-refractivity contribution is 6.04. The minimum Gasteiger partial charge on any atom is -0.458 e. The van der Waals surface area contributed by atoms with Crippen LogP contribution in [0.25, 0.3) is 10.8 Å². The lowest BCUT2D eigenvalue weighted by Crippen LogP contribution is -2.52. The van der Waals surface area contributed by atoms with Gasteiger partial charge in [-0.25, -0.2) is 0 Å². The van der Waals surface area contributed by atoms with E-state index in [0.717, 1.165) is 16.5 Å². The summed E-state index contributed by atoms with van der Waals surface area (Å²) in [4.78, 5) is 25.2. The Hall–Kier alpha value is -2.40. The van der Waals surface area contributed by atoms with Crippen molar-refractivity contribution >= 4 is 28.3 Å². The van der Waals surface area contributed by atoms with Crippen LogP contribution in [0.4, 0.5) is 5.69 Å². The number of hydrogen-bond acceptors (Lipinski definition) is 4. The molecule has 0 unspecified atom stereocenters. The number of nitrogens with one attached hydrogen (secondary N) is 1. The summed E-state index contributed by atoms with van der Waals surface area (Å²) in [6, 6.07) is 13.7. The fraction of sp³-hybridized carbons (Fsp3) is 0.429. The van der Waals surface area contributed by atoms with Gasteiger partial charge in [0.1, 0.15) is 5.60 Å². The Morgan fingerprint density at radius 2 is 1.92 bits per heavy atom. The molecule has 0 aromatic heterocycles. The smallest absolute Gasteiger partial charge is 0.307 e. The first-order valence-electron chi connectivity index (χ1n) is 9.03. The zero-order valence-corrected chi connectivity index (χ0v) is 15.1. The van der Waals surface area contributed by atoms with Crippen LogP contribution in [0.15, 0.2) is 42.5 Å². The molecule has 2 aromatic rings. The highest BCUT2D eigenvalue weighted by atomic mass is 16.6. The molecule has 1 N–H and O–H groups in total. The van der Waals surface area contributed by atoms with Crippen molar-refractivity contribution in [1.82, 2.24) is 0 Å². The number of carbonyl (C=O) groups excluding carboxylic acids is 2. The van der Waals surface area contributed by atoms with Gasteiger partial charge in [0.05, 0.1) is 24.5 Å². The first-order valence-corrected chi connectivity index (χ1v) is 9.03. The van der Waals surface area contributed by atoms with Crippen molar-refractivity contribution in [3.63, 3.8) is 0 Å². The Morgan fingerprint density at radius 3 is 2.73 bits per heavy atom. The van der Waals surface area contributed by atoms with Crippen molar-refractivity contribution < 1.29 is 19.1 Å². The Labute approximate surface area is 152 Å². The second-order valence-corrected chi connectivity index (χ2v) is 7.85. The molecule has 5 heteroatoms. The normalized spacial score (nSPS) is 27.5. The second-order valence-electron chi connectivity index (χ2n) is 7.85. The van der Waals surface area contributed by atoms with E-state index in [9.17, 15) is 9.59 Å². The van der Waals surface area contributed by atoms with Crippen molar-refractivity contribution in [1.29, 1.82) is 0 Å². The van der Waals surface area contributed by atoms with Gasteiger partial charge < -0.3 is 14.8 Å². The van der Waals surface area contributed by atoms with Gasteiger partial charge in [-0.1, -0.05) is 36.4 Å². The van der Waals surface area contributed by atoms with Crippen LogP contribution in [-0.4, -0.2) is 29.7 Å². The van der Waals surface area contributed by atoms with Crippen LogP contribution in [0.1, 0.15) is 33.1 Å². The maximum Gasteiger partial charge on any atom is 0.307 e. The fourth-order valence-electron chi connectivity index (χ4n) is 4.32. The average Bonchev–Trinajstić information content (AvgIpc) is 2.89. The molecular weight excluding hydrogens is 330 g/mol. The summed E-state index contributed by atoms with van der Waals surface area (Å²) >= 11 is 0. The second kappa shape index (κ2) is 6.09. The van der Waals surface area contributed by atoms with Crippen LogP contribution in [0, 0.1) is 5.92 Å². The summed E-state index contributed by atoms with van der Waals surface area (Å²) in [7, 11) is 0. The van der Waals surface area contributed by atoms with Crippen LogP contribution in [0.5, 0.6) is 0 Å². The Balaban J connectivity index is 1.63. The number of fused-ring (bicyclic) bond motifs is 1. The first kappa shape index (κ1) is 17.0. The van der Waals surface area contributed by atoms with E-state index in [2.05, 4.69) is 5.32 Å². The minimum absolute atomic E-state index is 0.118. The molecular formula is C21H23NO4. The van der Waals surface area contributed by atoms with Crippen LogP contribution in [-0.2, 0) is 19.1 Å². The molecule has 2 aromatic carbocycles. The van der Waals surface area contributed by atoms with E-state index in [-0.39, 0.29) is 18.3 Å². The molecule has 5 nitrogen and oxygen atoms in total. The molecule has 2 fully saturated rings. The predicted octanol–water partition coefficient (Wildman–Crippen LogP) is 3.67. The zero-order valence-electron chi connectivity index (χ0n) is 15.1. The summed E-state index contributed by atoms with van der Waals surface area (Å²) in [5.41, 5.74) is -0.428. The number of hydrogen-bond donors (Lipinski definition) is 1. The predicted molar refractivity (Wildman–Crippen MR) is 98.8 cm³/mol. The molecule has 2 aliphatic heterocycles. The highest BCUT2D eigenvalue weighted by Gasteiger charge is 2.56. The quantitative estimate of drug-likeness (QED) is 0.837. The van der Waals surface area contributed by atoms with Crippen molar-refractivity contribution in [2.45, 2.75) is 44.3 Å². The van der Waals surface area contributed by atoms with Crippen molar-refractivity contribution in [3.05, 3.63) is 42.5 Å². The fourth-order valence-corrected chi connectivity index (χ4v) is 4.32. The lowest BCUT2D eigenvalue weighted by atomic mass is 9.75. The number of ether oxygens (including phenoxy) is 2. The Morgan fingerprint density at radius 1 is 1.15 bits per heavy atom. The lowest BCUT2D eigenvalue weighted by Gasteiger charge is -2.43. The van der Waals surface area contributed by atoms with E-state index in [1.165, 1.54) is 0 Å². The largest absolute Gasteiger partial charge is 0.458 e. The summed E-state index contributed by atoms with van der Waals surface area (Å²) in [5, 5.41) is 5.08. The van der Waals surface area contributed by atoms with E-state index in [0.29, 0.717) is 19.4 Å². The van der Waals surface area contributed by atoms with E-state index in [1.54, 1.807) is 0 Å². The third-order valence-corrected chi connectivity index (χ3v) is 5.43. The third kappa shape index (κ3) is 2.97. The van der Waals surface area contributed by atoms with Crippen LogP contribution >= 0.6 is 0 Å². The van der Waals surface area contributed by atoms with Gasteiger partial charge in [0, 0.05) is 23.9 Å². The monoisotopic (exact) mass is 353 g/mol. The van der Waals surface area contributed by atoms with Gasteiger partial charge in [0.15, 0.2) is 0 Å². The highest BCUT2D eigenvalue weighted by Crippen LogP contribution is 2.46. The number of rotatable bonds is 2. The van der Waals surface area contributed by atoms with Crippen LogP contribution < -0.4 is 5.32 Å². The van der Waals surface area contributed by atoms with E-state index < -0.39 is 17.1 Å². The van der Waals surface area contributed by atoms with Gasteiger partial charge in [-0.15, -0.1) is 0 Å². The Bertz CT molecular complexity index is 870. The molecule has 136 valence electrons. The molecule has 2 saturated heterocycles. The van der Waals surface area contributed by atoms with Gasteiger partial charge in [-0.3, -0.25) is 9.59 Å². The van der Waals surface area contributed by atoms with Gasteiger partial charge in [-0.2, -0.15) is 0 Å². The van der Waals surface area contributed by atoms with E-state index in [4.69, 9.17) is 9.47 Å². The topological polar surface area (TPSA) is 64.6 Å². The molecule has 2 atom stereocenters. The molecule has 0 aliphatic carbocycles. The molecule has 0 bridgehead atoms. The van der Waals surface area contributed by atoms with Crippen molar-refractivity contribution in [2.24, 2.45) is 5.92 Å². The maximum atomic E-state index is 13.1. The molecule has 0 radical (unpaired) electrons. The van der Waals surface area contributed by atoms with Crippen LogP contribution in [0.3, 0.4) is 0 Å². The number of benzene rings is 2. The van der Waals surface area contributed by atoms with Gasteiger partial charge in [0.2, 0.25) is 5.91 Å². The number of anilines is 1. The first-order chi connectivity index (χ1) is 12.4. The molecule has 0 saturated carbocycles. The molecule has 2 aliphatic rings. The summed E-state index contributed by atoms with van der Waals surface area (Å²) in [6.07, 6.45) is 1.20. The van der Waals surface area contributed by atoms with Crippen LogP contribution in [0.2, 0.25) is 0 Å². The molecule has 26 heavy (non-hydrogen) atoms. The lowest BCUT2D eigenvalue weighted by molar-refractivity contribution is -0.178. The van der Waals surface area contributed by atoms with Crippen molar-refractivity contribution in [3.8, 4) is 0 Å². The zero-order chi connectivity index (χ0) is 18.4. The van der Waals surface area contributed by atoms with Gasteiger partial charge in [0.25, 0.3) is 0 Å². The van der Waals surface area contributed by atoms with Crippen molar-refractivity contribution in [2.75, 3.05) is 11.9 Å². The van der Waals surface area contributed by atoms with Gasteiger partial charge in [-0.05, 0) is 25.3 Å².